The van der Waals surface area contributed by atoms with E-state index in [1.165, 1.54) is 0 Å². The van der Waals surface area contributed by atoms with Crippen LogP contribution in [0.15, 0.2) is 12.3 Å². The van der Waals surface area contributed by atoms with Gasteiger partial charge in [-0.3, -0.25) is 0 Å². The molecular formula is C14H21N3O3. The number of hydrogen-bond acceptors (Lipinski definition) is 6. The third-order valence-electron chi connectivity index (χ3n) is 3.57. The van der Waals surface area contributed by atoms with Gasteiger partial charge in [0.05, 0.1) is 24.0 Å². The minimum Gasteiger partial charge on any atom is -0.462 e. The maximum absolute atomic E-state index is 11.8. The average molecular weight is 279 g/mol. The molecule has 0 spiro atoms. The number of rotatable bonds is 5. The van der Waals surface area contributed by atoms with Gasteiger partial charge < -0.3 is 20.5 Å². The molecule has 0 amide bonds. The fourth-order valence-electron chi connectivity index (χ4n) is 2.48. The molecule has 0 atom stereocenters. The molecule has 3 N–H and O–H groups in total. The van der Waals surface area contributed by atoms with Crippen LogP contribution in [-0.2, 0) is 4.74 Å². The minimum atomic E-state index is -0.430. The molecule has 1 fully saturated rings. The van der Waals surface area contributed by atoms with E-state index in [2.05, 4.69) is 4.98 Å². The van der Waals surface area contributed by atoms with Crippen LogP contribution in [0, 0.1) is 5.92 Å². The smallest absolute Gasteiger partial charge is 0.340 e. The molecule has 0 bridgehead atoms. The minimum absolute atomic E-state index is 0.176. The van der Waals surface area contributed by atoms with Gasteiger partial charge in [0.15, 0.2) is 5.82 Å². The molecule has 1 aliphatic rings. The van der Waals surface area contributed by atoms with Crippen LogP contribution in [0.1, 0.15) is 30.1 Å². The lowest BCUT2D eigenvalue weighted by Crippen LogP contribution is -2.37. The van der Waals surface area contributed by atoms with E-state index in [-0.39, 0.29) is 6.10 Å². The first kappa shape index (κ1) is 14.6. The fraction of sp³-hybridized carbons (Fsp3) is 0.571. The number of aromatic nitrogens is 1. The predicted molar refractivity (Wildman–Crippen MR) is 76.6 cm³/mol. The van der Waals surface area contributed by atoms with Crippen LogP contribution in [0.5, 0.6) is 0 Å². The van der Waals surface area contributed by atoms with Crippen molar-refractivity contribution in [2.75, 3.05) is 30.8 Å². The zero-order chi connectivity index (χ0) is 14.7. The van der Waals surface area contributed by atoms with Gasteiger partial charge in [-0.25, -0.2) is 9.78 Å². The molecule has 110 valence electrons. The van der Waals surface area contributed by atoms with Crippen LogP contribution in [0.25, 0.3) is 0 Å². The summed E-state index contributed by atoms with van der Waals surface area (Å²) in [7, 11) is 1.89. The fourth-order valence-corrected chi connectivity index (χ4v) is 2.48. The second kappa shape index (κ2) is 6.09. The molecule has 20 heavy (non-hydrogen) atoms. The highest BCUT2D eigenvalue weighted by Gasteiger charge is 2.29. The number of nitrogens with zero attached hydrogens (tertiary/aromatic N) is 2. The van der Waals surface area contributed by atoms with Crippen LogP contribution in [0.3, 0.4) is 0 Å². The quantitative estimate of drug-likeness (QED) is 0.783. The summed E-state index contributed by atoms with van der Waals surface area (Å²) in [4.78, 5) is 18.0. The van der Waals surface area contributed by atoms with Crippen molar-refractivity contribution in [2.24, 2.45) is 5.92 Å². The highest BCUT2D eigenvalue weighted by molar-refractivity contribution is 5.97. The summed E-state index contributed by atoms with van der Waals surface area (Å²) in [6.07, 6.45) is 3.00. The number of carbonyl (C=O) groups excluding carboxylic acids is 1. The Kier molecular flexibility index (Phi) is 4.44. The Morgan fingerprint density at radius 1 is 1.60 bits per heavy atom. The highest BCUT2D eigenvalue weighted by Crippen LogP contribution is 2.30. The third kappa shape index (κ3) is 3.01. The largest absolute Gasteiger partial charge is 0.462 e. The predicted octanol–water partition coefficient (Wildman–Crippen LogP) is 1.05. The number of hydrogen-bond donors (Lipinski definition) is 2. The topological polar surface area (TPSA) is 88.7 Å². The van der Waals surface area contributed by atoms with Gasteiger partial charge in [-0.05, 0) is 31.7 Å². The molecule has 1 saturated carbocycles. The van der Waals surface area contributed by atoms with Gasteiger partial charge in [0, 0.05) is 19.8 Å². The van der Waals surface area contributed by atoms with E-state index in [1.54, 1.807) is 19.2 Å². The van der Waals surface area contributed by atoms with Crippen molar-refractivity contribution in [1.82, 2.24) is 4.98 Å². The Morgan fingerprint density at radius 2 is 2.30 bits per heavy atom. The monoisotopic (exact) mass is 279 g/mol. The van der Waals surface area contributed by atoms with Gasteiger partial charge in [0.25, 0.3) is 0 Å². The molecule has 6 heteroatoms. The Labute approximate surface area is 118 Å². The summed E-state index contributed by atoms with van der Waals surface area (Å²) in [6.45, 7) is 2.83. The standard InChI is InChI=1S/C14H21N3O3/c1-3-20-14(19)11-4-5-16-13(12(11)15)17(2)8-9-6-10(18)7-9/h4-5,9-10,18H,3,6-8,15H2,1-2H3. The second-order valence-electron chi connectivity index (χ2n) is 5.19. The molecule has 0 aromatic carbocycles. The number of anilines is 2. The first-order chi connectivity index (χ1) is 9.52. The molecule has 1 aromatic heterocycles. The number of nitrogens with two attached hydrogens (primary N) is 1. The SMILES string of the molecule is CCOC(=O)c1ccnc(N(C)CC2CC(O)C2)c1N. The van der Waals surface area contributed by atoms with Crippen molar-refractivity contribution in [3.63, 3.8) is 0 Å². The number of ether oxygens (including phenoxy) is 1. The van der Waals surface area contributed by atoms with Crippen molar-refractivity contribution < 1.29 is 14.6 Å². The second-order valence-corrected chi connectivity index (χ2v) is 5.19. The summed E-state index contributed by atoms with van der Waals surface area (Å²) >= 11 is 0. The summed E-state index contributed by atoms with van der Waals surface area (Å²) in [5.41, 5.74) is 6.71. The van der Waals surface area contributed by atoms with E-state index < -0.39 is 5.97 Å². The summed E-state index contributed by atoms with van der Waals surface area (Å²) in [6, 6.07) is 1.57. The molecule has 0 aliphatic heterocycles. The third-order valence-corrected chi connectivity index (χ3v) is 3.57. The van der Waals surface area contributed by atoms with Gasteiger partial charge in [0.2, 0.25) is 0 Å². The Morgan fingerprint density at radius 3 is 2.90 bits per heavy atom. The van der Waals surface area contributed by atoms with Crippen molar-refractivity contribution in [3.8, 4) is 0 Å². The van der Waals surface area contributed by atoms with E-state index in [9.17, 15) is 9.90 Å². The van der Waals surface area contributed by atoms with Crippen LogP contribution >= 0.6 is 0 Å². The molecule has 0 saturated heterocycles. The van der Waals surface area contributed by atoms with Gasteiger partial charge in [-0.15, -0.1) is 0 Å². The zero-order valence-corrected chi connectivity index (χ0v) is 11.9. The van der Waals surface area contributed by atoms with E-state index in [0.717, 1.165) is 19.4 Å². The van der Waals surface area contributed by atoms with E-state index >= 15 is 0 Å². The van der Waals surface area contributed by atoms with E-state index in [0.29, 0.717) is 29.6 Å². The molecule has 1 aromatic rings. The number of esters is 1. The molecule has 1 heterocycles. The number of pyridine rings is 1. The molecular weight excluding hydrogens is 258 g/mol. The molecule has 2 rings (SSSR count). The molecule has 1 aliphatic carbocycles. The Bertz CT molecular complexity index is 487. The van der Waals surface area contributed by atoms with Crippen LogP contribution in [0.2, 0.25) is 0 Å². The van der Waals surface area contributed by atoms with Crippen LogP contribution in [0.4, 0.5) is 11.5 Å². The van der Waals surface area contributed by atoms with Crippen LogP contribution < -0.4 is 10.6 Å². The highest BCUT2D eigenvalue weighted by atomic mass is 16.5. The van der Waals surface area contributed by atoms with Crippen LogP contribution in [-0.4, -0.2) is 42.4 Å². The number of nitrogen functional groups attached to an aromatic ring is 1. The molecule has 0 unspecified atom stereocenters. The summed E-state index contributed by atoms with van der Waals surface area (Å²) in [5.74, 6) is 0.598. The summed E-state index contributed by atoms with van der Waals surface area (Å²) in [5, 5.41) is 9.31. The maximum atomic E-state index is 11.8. The number of aliphatic hydroxyl groups is 1. The lowest BCUT2D eigenvalue weighted by Gasteiger charge is -2.35. The van der Waals surface area contributed by atoms with Gasteiger partial charge >= 0.3 is 5.97 Å². The first-order valence-electron chi connectivity index (χ1n) is 6.83. The lowest BCUT2D eigenvalue weighted by molar-refractivity contribution is 0.0464. The normalized spacial score (nSPS) is 21.1. The maximum Gasteiger partial charge on any atom is 0.340 e. The Hall–Kier alpha value is -1.82. The van der Waals surface area contributed by atoms with Gasteiger partial charge in [-0.1, -0.05) is 0 Å². The van der Waals surface area contributed by atoms with E-state index in [1.807, 2.05) is 11.9 Å². The summed E-state index contributed by atoms with van der Waals surface area (Å²) < 4.78 is 4.97. The average Bonchev–Trinajstić information content (AvgIpc) is 2.37. The number of carbonyl (C=O) groups is 1. The molecule has 0 radical (unpaired) electrons. The zero-order valence-electron chi connectivity index (χ0n) is 11.9. The van der Waals surface area contributed by atoms with E-state index in [4.69, 9.17) is 10.5 Å². The number of aliphatic hydroxyl groups excluding tert-OH is 1. The van der Waals surface area contributed by atoms with Crippen molar-refractivity contribution >= 4 is 17.5 Å². The lowest BCUT2D eigenvalue weighted by atomic mass is 9.82. The van der Waals surface area contributed by atoms with Crippen molar-refractivity contribution in [3.05, 3.63) is 17.8 Å². The van der Waals surface area contributed by atoms with Crippen molar-refractivity contribution in [1.29, 1.82) is 0 Å². The van der Waals surface area contributed by atoms with Gasteiger partial charge in [-0.2, -0.15) is 0 Å². The van der Waals surface area contributed by atoms with Crippen molar-refractivity contribution in [2.45, 2.75) is 25.9 Å². The first-order valence-corrected chi connectivity index (χ1v) is 6.83. The molecule has 6 nitrogen and oxygen atoms in total. The van der Waals surface area contributed by atoms with Gasteiger partial charge in [0.1, 0.15) is 0 Å². The Balaban J connectivity index is 2.11.